The van der Waals surface area contributed by atoms with E-state index >= 15 is 0 Å². The van der Waals surface area contributed by atoms with Crippen LogP contribution in [0.5, 0.6) is 0 Å². The van der Waals surface area contributed by atoms with Crippen LogP contribution in [0.4, 0.5) is 21.6 Å². The van der Waals surface area contributed by atoms with Crippen LogP contribution in [0, 0.1) is 5.82 Å². The smallest absolute Gasteiger partial charge is 0.220 e. The highest BCUT2D eigenvalue weighted by Crippen LogP contribution is 2.32. The monoisotopic (exact) mass is 467 g/mol. The van der Waals surface area contributed by atoms with E-state index in [0.717, 1.165) is 29.7 Å². The third kappa shape index (κ3) is 5.61. The van der Waals surface area contributed by atoms with Crippen LogP contribution >= 0.6 is 11.6 Å². The Balaban J connectivity index is 1.51. The van der Waals surface area contributed by atoms with E-state index in [2.05, 4.69) is 15.6 Å². The van der Waals surface area contributed by atoms with Crippen molar-refractivity contribution in [2.24, 2.45) is 5.73 Å². The van der Waals surface area contributed by atoms with Crippen LogP contribution in [-0.4, -0.2) is 28.4 Å². The number of pyridine rings is 1. The largest absolute Gasteiger partial charge is 0.380 e. The highest BCUT2D eigenvalue weighted by Gasteiger charge is 2.32. The zero-order valence-corrected chi connectivity index (χ0v) is 19.1. The summed E-state index contributed by atoms with van der Waals surface area (Å²) in [6, 6.07) is 15.8. The fourth-order valence-electron chi connectivity index (χ4n) is 4.24. The lowest BCUT2D eigenvalue weighted by molar-refractivity contribution is -0.133. The summed E-state index contributed by atoms with van der Waals surface area (Å²) in [5.74, 6) is 0.356. The van der Waals surface area contributed by atoms with Crippen LogP contribution in [0.25, 0.3) is 0 Å². The van der Waals surface area contributed by atoms with Crippen molar-refractivity contribution in [3.63, 3.8) is 0 Å². The maximum absolute atomic E-state index is 13.4. The van der Waals surface area contributed by atoms with Gasteiger partial charge in [0.25, 0.3) is 0 Å². The number of carbonyl (C=O) groups is 1. The molecule has 1 aromatic heterocycles. The van der Waals surface area contributed by atoms with Crippen LogP contribution in [0.15, 0.2) is 60.8 Å². The van der Waals surface area contributed by atoms with E-state index in [1.54, 1.807) is 19.2 Å². The molecule has 1 aliphatic rings. The van der Waals surface area contributed by atoms with Gasteiger partial charge in [-0.05, 0) is 48.2 Å². The SMILES string of the molecule is CC(=O)N1CCCC(N)[C@H]1c1cccc(Nc2cc(NCc3cccc(F)c3)c(Cl)cn2)c1. The van der Waals surface area contributed by atoms with Crippen molar-refractivity contribution in [1.82, 2.24) is 9.88 Å². The third-order valence-corrected chi connectivity index (χ3v) is 6.11. The molecular weight excluding hydrogens is 441 g/mol. The molecule has 33 heavy (non-hydrogen) atoms. The van der Waals surface area contributed by atoms with Crippen molar-refractivity contribution < 1.29 is 9.18 Å². The topological polar surface area (TPSA) is 83.3 Å². The number of anilines is 3. The number of rotatable bonds is 6. The first kappa shape index (κ1) is 23.0. The standard InChI is InChI=1S/C25H27ClFN5O/c1-16(33)32-10-4-9-22(28)25(32)18-6-3-8-20(12-18)31-24-13-23(21(26)15-30-24)29-14-17-5-2-7-19(27)11-17/h2-3,5-8,11-13,15,22,25H,4,9-10,14,28H2,1H3,(H2,29,30,31)/t22?,25-/m1/s1. The first-order valence-corrected chi connectivity index (χ1v) is 11.3. The lowest BCUT2D eigenvalue weighted by atomic mass is 9.90. The average molecular weight is 468 g/mol. The molecule has 1 saturated heterocycles. The molecule has 0 saturated carbocycles. The van der Waals surface area contributed by atoms with E-state index in [9.17, 15) is 9.18 Å². The normalized spacial score (nSPS) is 18.1. The molecule has 0 radical (unpaired) electrons. The van der Waals surface area contributed by atoms with E-state index in [1.807, 2.05) is 41.3 Å². The van der Waals surface area contributed by atoms with Crippen molar-refractivity contribution in [2.45, 2.75) is 38.4 Å². The van der Waals surface area contributed by atoms with E-state index in [1.165, 1.54) is 12.1 Å². The number of amides is 1. The van der Waals surface area contributed by atoms with Crippen molar-refractivity contribution in [1.29, 1.82) is 0 Å². The molecule has 6 nitrogen and oxygen atoms in total. The zero-order valence-electron chi connectivity index (χ0n) is 18.4. The number of piperidine rings is 1. The van der Waals surface area contributed by atoms with Crippen LogP contribution in [0.3, 0.4) is 0 Å². The van der Waals surface area contributed by atoms with Gasteiger partial charge < -0.3 is 21.3 Å². The molecule has 2 heterocycles. The molecule has 1 unspecified atom stereocenters. The molecule has 1 amide bonds. The number of aromatic nitrogens is 1. The minimum atomic E-state index is -0.279. The summed E-state index contributed by atoms with van der Waals surface area (Å²) in [4.78, 5) is 18.4. The molecule has 2 aromatic carbocycles. The lowest BCUT2D eigenvalue weighted by Gasteiger charge is -2.39. The summed E-state index contributed by atoms with van der Waals surface area (Å²) >= 11 is 6.31. The molecule has 3 aromatic rings. The van der Waals surface area contributed by atoms with Crippen LogP contribution in [0.1, 0.15) is 36.9 Å². The zero-order chi connectivity index (χ0) is 23.4. The Morgan fingerprint density at radius 1 is 1.24 bits per heavy atom. The van der Waals surface area contributed by atoms with Gasteiger partial charge in [0.2, 0.25) is 5.91 Å². The van der Waals surface area contributed by atoms with Gasteiger partial charge in [-0.15, -0.1) is 0 Å². The number of likely N-dealkylation sites (tertiary alicyclic amines) is 1. The van der Waals surface area contributed by atoms with E-state index in [4.69, 9.17) is 17.3 Å². The Bertz CT molecular complexity index is 1140. The fourth-order valence-corrected chi connectivity index (χ4v) is 4.41. The maximum atomic E-state index is 13.4. The van der Waals surface area contributed by atoms with Gasteiger partial charge in [0.15, 0.2) is 0 Å². The van der Waals surface area contributed by atoms with Gasteiger partial charge in [0, 0.05) is 37.8 Å². The maximum Gasteiger partial charge on any atom is 0.220 e. The number of hydrogen-bond donors (Lipinski definition) is 3. The number of benzene rings is 2. The molecule has 0 spiro atoms. The van der Waals surface area contributed by atoms with Crippen molar-refractivity contribution >= 4 is 34.7 Å². The van der Waals surface area contributed by atoms with Gasteiger partial charge in [0.1, 0.15) is 11.6 Å². The Morgan fingerprint density at radius 3 is 2.85 bits per heavy atom. The van der Waals surface area contributed by atoms with Gasteiger partial charge in [-0.2, -0.15) is 0 Å². The van der Waals surface area contributed by atoms with Crippen molar-refractivity contribution in [3.05, 3.63) is 82.8 Å². The van der Waals surface area contributed by atoms with E-state index in [0.29, 0.717) is 29.6 Å². The summed E-state index contributed by atoms with van der Waals surface area (Å²) < 4.78 is 13.4. The molecule has 0 bridgehead atoms. The molecule has 4 rings (SSSR count). The van der Waals surface area contributed by atoms with Gasteiger partial charge in [-0.3, -0.25) is 4.79 Å². The minimum absolute atomic E-state index is 0.0295. The number of carbonyl (C=O) groups excluding carboxylic acids is 1. The number of halogens is 2. The van der Waals surface area contributed by atoms with Crippen molar-refractivity contribution in [2.75, 3.05) is 17.2 Å². The summed E-state index contributed by atoms with van der Waals surface area (Å²) in [5, 5.41) is 7.00. The number of nitrogens with one attached hydrogen (secondary N) is 2. The molecule has 172 valence electrons. The van der Waals surface area contributed by atoms with Crippen LogP contribution in [0.2, 0.25) is 5.02 Å². The first-order valence-electron chi connectivity index (χ1n) is 10.9. The Hall–Kier alpha value is -3.16. The number of hydrogen-bond acceptors (Lipinski definition) is 5. The quantitative estimate of drug-likeness (QED) is 0.461. The van der Waals surface area contributed by atoms with E-state index < -0.39 is 0 Å². The second-order valence-electron chi connectivity index (χ2n) is 8.25. The summed E-state index contributed by atoms with van der Waals surface area (Å²) in [6.07, 6.45) is 3.36. The first-order chi connectivity index (χ1) is 15.9. The molecule has 0 aliphatic carbocycles. The van der Waals surface area contributed by atoms with Gasteiger partial charge in [0.05, 0.1) is 22.9 Å². The van der Waals surface area contributed by atoms with Gasteiger partial charge >= 0.3 is 0 Å². The fraction of sp³-hybridized carbons (Fsp3) is 0.280. The molecule has 1 aliphatic heterocycles. The summed E-state index contributed by atoms with van der Waals surface area (Å²) in [5.41, 5.74) is 9.71. The molecule has 2 atom stereocenters. The summed E-state index contributed by atoms with van der Waals surface area (Å²) in [7, 11) is 0. The second kappa shape index (κ2) is 10.2. The molecule has 1 fully saturated rings. The predicted molar refractivity (Wildman–Crippen MR) is 130 cm³/mol. The summed E-state index contributed by atoms with van der Waals surface area (Å²) in [6.45, 7) is 2.73. The van der Waals surface area contributed by atoms with E-state index in [-0.39, 0.29) is 23.8 Å². The third-order valence-electron chi connectivity index (χ3n) is 5.81. The van der Waals surface area contributed by atoms with Gasteiger partial charge in [-0.25, -0.2) is 9.37 Å². The van der Waals surface area contributed by atoms with Crippen LogP contribution in [-0.2, 0) is 11.3 Å². The highest BCUT2D eigenvalue weighted by atomic mass is 35.5. The lowest BCUT2D eigenvalue weighted by Crippen LogP contribution is -2.47. The Kier molecular flexibility index (Phi) is 7.11. The molecule has 4 N–H and O–H groups in total. The van der Waals surface area contributed by atoms with Crippen LogP contribution < -0.4 is 16.4 Å². The highest BCUT2D eigenvalue weighted by molar-refractivity contribution is 6.33. The molecule has 8 heteroatoms. The Labute approximate surface area is 198 Å². The minimum Gasteiger partial charge on any atom is -0.380 e. The predicted octanol–water partition coefficient (Wildman–Crippen LogP) is 5.24. The number of nitrogens with two attached hydrogens (primary N) is 1. The average Bonchev–Trinajstić information content (AvgIpc) is 2.79. The Morgan fingerprint density at radius 2 is 2.06 bits per heavy atom. The number of nitrogens with zero attached hydrogens (tertiary/aromatic N) is 2. The second-order valence-corrected chi connectivity index (χ2v) is 8.65. The van der Waals surface area contributed by atoms with Crippen molar-refractivity contribution in [3.8, 4) is 0 Å². The molecular formula is C25H27ClFN5O. The van der Waals surface area contributed by atoms with Gasteiger partial charge in [-0.1, -0.05) is 35.9 Å².